The predicted molar refractivity (Wildman–Crippen MR) is 101 cm³/mol. The topological polar surface area (TPSA) is 88.8 Å². The van der Waals surface area contributed by atoms with Gasteiger partial charge < -0.3 is 10.2 Å². The molecule has 8 nitrogen and oxygen atoms in total. The number of nitrogens with zero attached hydrogens (tertiary/aromatic N) is 6. The van der Waals surface area contributed by atoms with Crippen molar-refractivity contribution in [2.75, 3.05) is 18.4 Å². The Morgan fingerprint density at radius 1 is 1.07 bits per heavy atom. The number of hydrogen-bond donors (Lipinski definition) is 1. The van der Waals surface area contributed by atoms with Gasteiger partial charge in [-0.15, -0.1) is 10.2 Å². The molecule has 11 heteroatoms. The second-order valence-corrected chi connectivity index (χ2v) is 6.87. The van der Waals surface area contributed by atoms with E-state index in [-0.39, 0.29) is 17.8 Å². The molecule has 156 valence electrons. The summed E-state index contributed by atoms with van der Waals surface area (Å²) in [7, 11) is 0. The van der Waals surface area contributed by atoms with Gasteiger partial charge in [0.15, 0.2) is 5.69 Å². The number of amides is 1. The third-order valence-electron chi connectivity index (χ3n) is 4.78. The van der Waals surface area contributed by atoms with E-state index < -0.39 is 11.9 Å². The number of anilines is 1. The first-order chi connectivity index (χ1) is 14.4. The van der Waals surface area contributed by atoms with Crippen LogP contribution >= 0.6 is 0 Å². The maximum Gasteiger partial charge on any atom is 0.435 e. The number of piperidine rings is 1. The first-order valence-electron chi connectivity index (χ1n) is 9.34. The smallest absolute Gasteiger partial charge is 0.364 e. The molecule has 0 aliphatic carbocycles. The van der Waals surface area contributed by atoms with Crippen LogP contribution < -0.4 is 5.32 Å². The highest BCUT2D eigenvalue weighted by Crippen LogP contribution is 2.27. The van der Waals surface area contributed by atoms with Crippen LogP contribution in [-0.4, -0.2) is 55.1 Å². The van der Waals surface area contributed by atoms with Crippen LogP contribution in [0.15, 0.2) is 48.8 Å². The molecule has 1 aliphatic rings. The lowest BCUT2D eigenvalue weighted by atomic mass is 10.0. The molecule has 30 heavy (non-hydrogen) atoms. The molecule has 0 saturated carbocycles. The summed E-state index contributed by atoms with van der Waals surface area (Å²) in [4.78, 5) is 16.2. The van der Waals surface area contributed by atoms with Crippen LogP contribution in [0.5, 0.6) is 0 Å². The molecule has 0 radical (unpaired) electrons. The Morgan fingerprint density at radius 2 is 1.83 bits per heavy atom. The van der Waals surface area contributed by atoms with E-state index in [9.17, 15) is 18.0 Å². The van der Waals surface area contributed by atoms with Gasteiger partial charge in [-0.05, 0) is 37.1 Å². The van der Waals surface area contributed by atoms with E-state index in [1.165, 1.54) is 23.3 Å². The van der Waals surface area contributed by atoms with E-state index in [1.54, 1.807) is 29.2 Å². The van der Waals surface area contributed by atoms with Gasteiger partial charge in [-0.25, -0.2) is 0 Å². The molecule has 1 N–H and O–H groups in total. The SMILES string of the molecule is O=C(c1ccccc1-n1nccn1)N1CCCC(Nc2ccc(C(F)(F)F)nn2)C1. The van der Waals surface area contributed by atoms with Crippen molar-refractivity contribution in [2.45, 2.75) is 25.1 Å². The fourth-order valence-corrected chi connectivity index (χ4v) is 3.39. The predicted octanol–water partition coefficient (Wildman–Crippen LogP) is 2.79. The molecule has 1 fully saturated rings. The molecule has 1 aromatic carbocycles. The molecule has 1 aliphatic heterocycles. The van der Waals surface area contributed by atoms with Gasteiger partial charge in [0.2, 0.25) is 0 Å². The van der Waals surface area contributed by atoms with Crippen molar-refractivity contribution in [3.05, 3.63) is 60.0 Å². The van der Waals surface area contributed by atoms with Gasteiger partial charge in [0.05, 0.1) is 23.6 Å². The quantitative estimate of drug-likeness (QED) is 0.702. The number of likely N-dealkylation sites (tertiary alicyclic amines) is 1. The average Bonchev–Trinajstić information content (AvgIpc) is 3.28. The summed E-state index contributed by atoms with van der Waals surface area (Å²) in [6.07, 6.45) is 0.0469. The van der Waals surface area contributed by atoms with Crippen LogP contribution in [0.25, 0.3) is 5.69 Å². The Bertz CT molecular complexity index is 1010. The first-order valence-corrected chi connectivity index (χ1v) is 9.34. The summed E-state index contributed by atoms with van der Waals surface area (Å²) in [5, 5.41) is 18.1. The van der Waals surface area contributed by atoms with Crippen molar-refractivity contribution in [1.82, 2.24) is 30.1 Å². The second kappa shape index (κ2) is 8.09. The van der Waals surface area contributed by atoms with Crippen molar-refractivity contribution in [2.24, 2.45) is 0 Å². The zero-order valence-electron chi connectivity index (χ0n) is 15.8. The van der Waals surface area contributed by atoms with Crippen LogP contribution in [0.4, 0.5) is 19.0 Å². The molecule has 4 rings (SSSR count). The van der Waals surface area contributed by atoms with Crippen molar-refractivity contribution in [3.63, 3.8) is 0 Å². The van der Waals surface area contributed by atoms with Crippen LogP contribution in [0.2, 0.25) is 0 Å². The van der Waals surface area contributed by atoms with Gasteiger partial charge in [-0.1, -0.05) is 12.1 Å². The van der Waals surface area contributed by atoms with Crippen LogP contribution in [0.3, 0.4) is 0 Å². The molecule has 0 bridgehead atoms. The van der Waals surface area contributed by atoms with Crippen molar-refractivity contribution in [1.29, 1.82) is 0 Å². The van der Waals surface area contributed by atoms with E-state index in [0.29, 0.717) is 24.3 Å². The van der Waals surface area contributed by atoms with Crippen LogP contribution in [-0.2, 0) is 6.18 Å². The standard InChI is InChI=1S/C19H18F3N7O/c20-19(21,22)16-7-8-17(27-26-16)25-13-4-3-11-28(12-13)18(30)14-5-1-2-6-15(14)29-23-9-10-24-29/h1-2,5-10,13H,3-4,11-12H2,(H,25,27). The van der Waals surface area contributed by atoms with Gasteiger partial charge >= 0.3 is 6.18 Å². The monoisotopic (exact) mass is 417 g/mol. The highest BCUT2D eigenvalue weighted by Gasteiger charge is 2.33. The lowest BCUT2D eigenvalue weighted by Gasteiger charge is -2.33. The number of alkyl halides is 3. The first kappa shape index (κ1) is 19.8. The highest BCUT2D eigenvalue weighted by molar-refractivity contribution is 5.97. The number of halogens is 3. The van der Waals surface area contributed by atoms with Crippen LogP contribution in [0, 0.1) is 0 Å². The molecule has 1 amide bonds. The summed E-state index contributed by atoms with van der Waals surface area (Å²) in [6.45, 7) is 0.971. The molecule has 0 spiro atoms. The molecule has 1 unspecified atom stereocenters. The van der Waals surface area contributed by atoms with Gasteiger partial charge in [0, 0.05) is 19.1 Å². The summed E-state index contributed by atoms with van der Waals surface area (Å²) in [5.74, 6) is 0.0799. The van der Waals surface area contributed by atoms with Crippen LogP contribution in [0.1, 0.15) is 28.9 Å². The number of nitrogens with one attached hydrogen (secondary N) is 1. The third-order valence-corrected chi connectivity index (χ3v) is 4.78. The number of carbonyl (C=O) groups is 1. The summed E-state index contributed by atoms with van der Waals surface area (Å²) in [6, 6.07) is 9.05. The minimum atomic E-state index is -4.53. The Kier molecular flexibility index (Phi) is 5.34. The minimum absolute atomic E-state index is 0.149. The fourth-order valence-electron chi connectivity index (χ4n) is 3.39. The Morgan fingerprint density at radius 3 is 2.53 bits per heavy atom. The van der Waals surface area contributed by atoms with E-state index in [1.807, 2.05) is 0 Å². The Labute approximate surface area is 169 Å². The zero-order valence-corrected chi connectivity index (χ0v) is 15.8. The molecule has 1 atom stereocenters. The average molecular weight is 417 g/mol. The molecular weight excluding hydrogens is 399 g/mol. The summed E-state index contributed by atoms with van der Waals surface area (Å²) in [5.41, 5.74) is 0.0113. The van der Waals surface area contributed by atoms with E-state index in [0.717, 1.165) is 18.9 Å². The number of para-hydroxylation sites is 1. The number of rotatable bonds is 4. The summed E-state index contributed by atoms with van der Waals surface area (Å²) >= 11 is 0. The maximum atomic E-state index is 13.1. The normalized spacial score (nSPS) is 17.0. The lowest BCUT2D eigenvalue weighted by Crippen LogP contribution is -2.45. The number of carbonyl (C=O) groups excluding carboxylic acids is 1. The van der Waals surface area contributed by atoms with Crippen molar-refractivity contribution >= 4 is 11.7 Å². The molecule has 2 aromatic heterocycles. The minimum Gasteiger partial charge on any atom is -0.364 e. The molecule has 1 saturated heterocycles. The largest absolute Gasteiger partial charge is 0.435 e. The Balaban J connectivity index is 1.46. The van der Waals surface area contributed by atoms with E-state index in [2.05, 4.69) is 25.7 Å². The third kappa shape index (κ3) is 4.24. The van der Waals surface area contributed by atoms with Crippen molar-refractivity contribution < 1.29 is 18.0 Å². The Hall–Kier alpha value is -3.50. The highest BCUT2D eigenvalue weighted by atomic mass is 19.4. The second-order valence-electron chi connectivity index (χ2n) is 6.87. The number of benzene rings is 1. The van der Waals surface area contributed by atoms with Crippen molar-refractivity contribution in [3.8, 4) is 5.69 Å². The lowest BCUT2D eigenvalue weighted by molar-refractivity contribution is -0.141. The molecule has 3 heterocycles. The van der Waals surface area contributed by atoms with Gasteiger partial charge in [-0.3, -0.25) is 4.79 Å². The maximum absolute atomic E-state index is 13.1. The van der Waals surface area contributed by atoms with E-state index >= 15 is 0 Å². The fraction of sp³-hybridized carbons (Fsp3) is 0.316. The zero-order chi connectivity index (χ0) is 21.1. The summed E-state index contributed by atoms with van der Waals surface area (Å²) < 4.78 is 37.9. The molecular formula is C19H18F3N7O. The number of aromatic nitrogens is 5. The van der Waals surface area contributed by atoms with Gasteiger partial charge in [0.1, 0.15) is 5.82 Å². The van der Waals surface area contributed by atoms with Gasteiger partial charge in [0.25, 0.3) is 5.91 Å². The van der Waals surface area contributed by atoms with Gasteiger partial charge in [-0.2, -0.15) is 28.2 Å². The molecule has 3 aromatic rings. The number of hydrogen-bond acceptors (Lipinski definition) is 6. The van der Waals surface area contributed by atoms with E-state index in [4.69, 9.17) is 0 Å².